The molecule has 2 aliphatic rings. The Labute approximate surface area is 113 Å². The summed E-state index contributed by atoms with van der Waals surface area (Å²) in [4.78, 5) is 16.8. The zero-order chi connectivity index (χ0) is 12.8. The lowest BCUT2D eigenvalue weighted by atomic mass is 9.90. The molecular weight excluding hydrogens is 300 g/mol. The second-order valence-corrected chi connectivity index (χ2v) is 5.72. The molecule has 2 saturated heterocycles. The second kappa shape index (κ2) is 4.36. The quantitative estimate of drug-likeness (QED) is 0.844. The van der Waals surface area contributed by atoms with E-state index in [0.29, 0.717) is 25.5 Å². The number of H-pyrrole nitrogens is 1. The first-order chi connectivity index (χ1) is 8.62. The van der Waals surface area contributed by atoms with Gasteiger partial charge < -0.3 is 19.4 Å². The standard InChI is InChI=1S/C12H15BrN2O3/c1-8-12(6-17-7-12)18-3-2-15(8)10-4-9(13)5-14-11(10)16/h4-5,8H,2-3,6-7H2,1H3,(H,14,16). The van der Waals surface area contributed by atoms with Gasteiger partial charge in [-0.1, -0.05) is 0 Å². The molecule has 2 fully saturated rings. The Morgan fingerprint density at radius 3 is 3.00 bits per heavy atom. The molecule has 0 saturated carbocycles. The van der Waals surface area contributed by atoms with Crippen molar-refractivity contribution in [1.29, 1.82) is 0 Å². The molecule has 0 radical (unpaired) electrons. The molecule has 5 nitrogen and oxygen atoms in total. The van der Waals surface area contributed by atoms with Gasteiger partial charge in [0, 0.05) is 17.2 Å². The van der Waals surface area contributed by atoms with E-state index in [1.165, 1.54) is 0 Å². The molecule has 3 rings (SSSR count). The molecule has 6 heteroatoms. The minimum absolute atomic E-state index is 0.0673. The SMILES string of the molecule is CC1N(c2cc(Br)c[nH]c2=O)CCOC12COC2. The smallest absolute Gasteiger partial charge is 0.271 e. The molecule has 3 heterocycles. The van der Waals surface area contributed by atoms with Gasteiger partial charge in [-0.25, -0.2) is 0 Å². The summed E-state index contributed by atoms with van der Waals surface area (Å²) in [6.07, 6.45) is 1.65. The van der Waals surface area contributed by atoms with Crippen LogP contribution in [0.3, 0.4) is 0 Å². The summed E-state index contributed by atoms with van der Waals surface area (Å²) in [7, 11) is 0. The number of morpholine rings is 1. The van der Waals surface area contributed by atoms with Crippen molar-refractivity contribution in [2.45, 2.75) is 18.6 Å². The van der Waals surface area contributed by atoms with Crippen LogP contribution in [0, 0.1) is 0 Å². The lowest BCUT2D eigenvalue weighted by Gasteiger charge is -2.53. The Balaban J connectivity index is 1.95. The number of nitrogens with zero attached hydrogens (tertiary/aromatic N) is 1. The maximum absolute atomic E-state index is 11.9. The van der Waals surface area contributed by atoms with E-state index in [0.717, 1.165) is 11.0 Å². The third-order valence-corrected chi connectivity index (χ3v) is 4.26. The normalized spacial score (nSPS) is 26.1. The molecule has 18 heavy (non-hydrogen) atoms. The molecule has 0 bridgehead atoms. The van der Waals surface area contributed by atoms with Crippen LogP contribution in [-0.4, -0.2) is 43.0 Å². The van der Waals surface area contributed by atoms with Crippen molar-refractivity contribution < 1.29 is 9.47 Å². The van der Waals surface area contributed by atoms with Crippen molar-refractivity contribution in [3.05, 3.63) is 27.1 Å². The topological polar surface area (TPSA) is 54.6 Å². The van der Waals surface area contributed by atoms with E-state index in [9.17, 15) is 4.79 Å². The number of rotatable bonds is 1. The molecule has 1 N–H and O–H groups in total. The van der Waals surface area contributed by atoms with Gasteiger partial charge in [-0.05, 0) is 28.9 Å². The Bertz CT molecular complexity index is 512. The van der Waals surface area contributed by atoms with Gasteiger partial charge in [0.1, 0.15) is 11.3 Å². The van der Waals surface area contributed by atoms with Crippen LogP contribution in [-0.2, 0) is 9.47 Å². The van der Waals surface area contributed by atoms with Crippen molar-refractivity contribution in [2.24, 2.45) is 0 Å². The monoisotopic (exact) mass is 314 g/mol. The Morgan fingerprint density at radius 1 is 1.56 bits per heavy atom. The van der Waals surface area contributed by atoms with Crippen molar-refractivity contribution in [2.75, 3.05) is 31.3 Å². The van der Waals surface area contributed by atoms with Gasteiger partial charge in [0.25, 0.3) is 5.56 Å². The van der Waals surface area contributed by atoms with Crippen LogP contribution in [0.1, 0.15) is 6.92 Å². The zero-order valence-electron chi connectivity index (χ0n) is 10.1. The van der Waals surface area contributed by atoms with E-state index in [1.54, 1.807) is 6.20 Å². The third-order valence-electron chi connectivity index (χ3n) is 3.80. The number of hydrogen-bond acceptors (Lipinski definition) is 4. The number of ether oxygens (including phenoxy) is 2. The van der Waals surface area contributed by atoms with E-state index in [-0.39, 0.29) is 17.2 Å². The van der Waals surface area contributed by atoms with Crippen LogP contribution in [0.5, 0.6) is 0 Å². The molecule has 1 aromatic rings. The fourth-order valence-corrected chi connectivity index (χ4v) is 2.89. The molecule has 1 unspecified atom stereocenters. The first-order valence-electron chi connectivity index (χ1n) is 5.99. The average Bonchev–Trinajstić information content (AvgIpc) is 2.31. The summed E-state index contributed by atoms with van der Waals surface area (Å²) in [5.41, 5.74) is 0.376. The van der Waals surface area contributed by atoms with Crippen molar-refractivity contribution >= 4 is 21.6 Å². The highest BCUT2D eigenvalue weighted by Gasteiger charge is 2.50. The van der Waals surface area contributed by atoms with E-state index < -0.39 is 0 Å². The minimum atomic E-state index is -0.243. The van der Waals surface area contributed by atoms with Crippen LogP contribution in [0.15, 0.2) is 21.5 Å². The summed E-state index contributed by atoms with van der Waals surface area (Å²) in [5.74, 6) is 0. The molecule has 2 aliphatic heterocycles. The Morgan fingerprint density at radius 2 is 2.33 bits per heavy atom. The van der Waals surface area contributed by atoms with Gasteiger partial charge in [0.15, 0.2) is 0 Å². The molecule has 1 spiro atoms. The van der Waals surface area contributed by atoms with Crippen LogP contribution in [0.4, 0.5) is 5.69 Å². The van der Waals surface area contributed by atoms with Gasteiger partial charge in [-0.15, -0.1) is 0 Å². The number of hydrogen-bond donors (Lipinski definition) is 1. The maximum atomic E-state index is 11.9. The zero-order valence-corrected chi connectivity index (χ0v) is 11.7. The number of nitrogens with one attached hydrogen (secondary N) is 1. The maximum Gasteiger partial charge on any atom is 0.271 e. The van der Waals surface area contributed by atoms with Crippen molar-refractivity contribution in [3.63, 3.8) is 0 Å². The molecule has 1 atom stereocenters. The Hall–Kier alpha value is -0.850. The molecule has 1 aromatic heterocycles. The molecule has 0 amide bonds. The molecular formula is C12H15BrN2O3. The largest absolute Gasteiger partial charge is 0.375 e. The van der Waals surface area contributed by atoms with E-state index in [2.05, 4.69) is 32.7 Å². The van der Waals surface area contributed by atoms with Crippen molar-refractivity contribution in [1.82, 2.24) is 4.98 Å². The van der Waals surface area contributed by atoms with Gasteiger partial charge in [-0.3, -0.25) is 4.79 Å². The summed E-state index contributed by atoms with van der Waals surface area (Å²) in [6.45, 7) is 4.65. The predicted molar refractivity (Wildman–Crippen MR) is 71.1 cm³/mol. The van der Waals surface area contributed by atoms with Crippen LogP contribution in [0.2, 0.25) is 0 Å². The summed E-state index contributed by atoms with van der Waals surface area (Å²) >= 11 is 3.39. The highest BCUT2D eigenvalue weighted by Crippen LogP contribution is 2.34. The highest BCUT2D eigenvalue weighted by atomic mass is 79.9. The average molecular weight is 315 g/mol. The Kier molecular flexibility index (Phi) is 2.96. The number of aromatic amines is 1. The first kappa shape index (κ1) is 12.2. The first-order valence-corrected chi connectivity index (χ1v) is 6.78. The fourth-order valence-electron chi connectivity index (χ4n) is 2.56. The van der Waals surface area contributed by atoms with E-state index in [1.807, 2.05) is 6.07 Å². The van der Waals surface area contributed by atoms with Crippen LogP contribution < -0.4 is 10.5 Å². The fraction of sp³-hybridized carbons (Fsp3) is 0.583. The second-order valence-electron chi connectivity index (χ2n) is 4.81. The van der Waals surface area contributed by atoms with Crippen LogP contribution >= 0.6 is 15.9 Å². The van der Waals surface area contributed by atoms with Crippen LogP contribution in [0.25, 0.3) is 0 Å². The van der Waals surface area contributed by atoms with E-state index >= 15 is 0 Å². The summed E-state index contributed by atoms with van der Waals surface area (Å²) in [5, 5.41) is 0. The molecule has 98 valence electrons. The van der Waals surface area contributed by atoms with Gasteiger partial charge in [0.05, 0.1) is 25.9 Å². The van der Waals surface area contributed by atoms with Gasteiger partial charge >= 0.3 is 0 Å². The predicted octanol–water partition coefficient (Wildman–Crippen LogP) is 1.13. The lowest BCUT2D eigenvalue weighted by Crippen LogP contribution is -2.68. The van der Waals surface area contributed by atoms with Crippen molar-refractivity contribution in [3.8, 4) is 0 Å². The highest BCUT2D eigenvalue weighted by molar-refractivity contribution is 9.10. The lowest BCUT2D eigenvalue weighted by molar-refractivity contribution is -0.228. The summed E-state index contributed by atoms with van der Waals surface area (Å²) < 4.78 is 12.0. The summed E-state index contributed by atoms with van der Waals surface area (Å²) in [6, 6.07) is 1.99. The molecule has 0 aromatic carbocycles. The minimum Gasteiger partial charge on any atom is -0.375 e. The van der Waals surface area contributed by atoms with Gasteiger partial charge in [0.2, 0.25) is 0 Å². The number of pyridine rings is 1. The number of halogens is 1. The van der Waals surface area contributed by atoms with E-state index in [4.69, 9.17) is 9.47 Å². The third kappa shape index (κ3) is 1.79. The number of aromatic nitrogens is 1. The molecule has 0 aliphatic carbocycles. The number of anilines is 1. The van der Waals surface area contributed by atoms with Gasteiger partial charge in [-0.2, -0.15) is 0 Å².